The molecule has 0 aliphatic heterocycles. The van der Waals surface area contributed by atoms with Crippen LogP contribution in [0.25, 0.3) is 0 Å². The molecule has 1 aromatic carbocycles. The summed E-state index contributed by atoms with van der Waals surface area (Å²) in [6, 6.07) is 5.46. The first kappa shape index (κ1) is 19.1. The van der Waals surface area contributed by atoms with Crippen molar-refractivity contribution in [2.45, 2.75) is 38.5 Å². The highest BCUT2D eigenvalue weighted by Crippen LogP contribution is 2.59. The van der Waals surface area contributed by atoms with E-state index in [4.69, 9.17) is 14.3 Å². The summed E-state index contributed by atoms with van der Waals surface area (Å²) in [4.78, 5) is 17.4. The van der Waals surface area contributed by atoms with Gasteiger partial charge in [0.25, 0.3) is 5.91 Å². The van der Waals surface area contributed by atoms with Crippen molar-refractivity contribution in [2.75, 3.05) is 27.4 Å². The normalized spacial score (nSPS) is 30.4. The summed E-state index contributed by atoms with van der Waals surface area (Å²) in [5.41, 5.74) is 1.15. The van der Waals surface area contributed by atoms with Gasteiger partial charge in [-0.2, -0.15) is 0 Å². The van der Waals surface area contributed by atoms with Crippen LogP contribution in [0.4, 0.5) is 0 Å². The number of ether oxygens (including phenoxy) is 2. The van der Waals surface area contributed by atoms with E-state index in [1.807, 2.05) is 6.07 Å². The number of hydrogen-bond acceptors (Lipinski definition) is 5. The molecule has 0 saturated heterocycles. The highest BCUT2D eigenvalue weighted by Gasteiger charge is 2.50. The maximum Gasteiger partial charge on any atom is 0.260 e. The van der Waals surface area contributed by atoms with E-state index in [-0.39, 0.29) is 12.5 Å². The van der Waals surface area contributed by atoms with Gasteiger partial charge < -0.3 is 19.6 Å². The molecule has 1 aromatic rings. The number of carbonyl (C=O) groups is 1. The molecule has 1 amide bonds. The summed E-state index contributed by atoms with van der Waals surface area (Å²) in [7, 11) is 3.18. The van der Waals surface area contributed by atoms with E-state index in [1.54, 1.807) is 32.6 Å². The smallest absolute Gasteiger partial charge is 0.260 e. The standard InChI is InChI=1S/C22H30N2O4/c1-26-19-4-3-15(8-20(19)27-2)12-24-28-13-21(25)23-14-22-9-16-5-17(10-22)7-18(6-16)11-22/h3-4,8,12,16-18H,5-7,9-11,13-14H2,1-2H3,(H,23,25)/b24-12-. The molecule has 0 unspecified atom stereocenters. The number of oxime groups is 1. The van der Waals surface area contributed by atoms with Crippen LogP contribution in [-0.4, -0.2) is 39.5 Å². The van der Waals surface area contributed by atoms with Gasteiger partial charge in [-0.1, -0.05) is 5.16 Å². The lowest BCUT2D eigenvalue weighted by molar-refractivity contribution is -0.127. The quantitative estimate of drug-likeness (QED) is 0.549. The fourth-order valence-electron chi connectivity index (χ4n) is 5.97. The van der Waals surface area contributed by atoms with E-state index in [1.165, 1.54) is 38.5 Å². The number of nitrogens with one attached hydrogen (secondary N) is 1. The molecule has 0 aromatic heterocycles. The largest absolute Gasteiger partial charge is 0.493 e. The fourth-order valence-corrected chi connectivity index (χ4v) is 5.97. The number of benzene rings is 1. The highest BCUT2D eigenvalue weighted by atomic mass is 16.6. The van der Waals surface area contributed by atoms with E-state index in [9.17, 15) is 4.79 Å². The topological polar surface area (TPSA) is 69.2 Å². The summed E-state index contributed by atoms with van der Waals surface area (Å²) < 4.78 is 10.5. The monoisotopic (exact) mass is 386 g/mol. The van der Waals surface area contributed by atoms with Crippen molar-refractivity contribution in [3.8, 4) is 11.5 Å². The molecule has 4 aliphatic rings. The minimum atomic E-state index is -0.0970. The zero-order valence-electron chi connectivity index (χ0n) is 16.8. The van der Waals surface area contributed by atoms with Crippen LogP contribution in [-0.2, 0) is 9.63 Å². The molecular weight excluding hydrogens is 356 g/mol. The van der Waals surface area contributed by atoms with Crippen LogP contribution in [0.2, 0.25) is 0 Å². The Labute approximate surface area is 166 Å². The van der Waals surface area contributed by atoms with Gasteiger partial charge in [-0.05, 0) is 79.9 Å². The van der Waals surface area contributed by atoms with Gasteiger partial charge in [-0.3, -0.25) is 4.79 Å². The summed E-state index contributed by atoms with van der Waals surface area (Å²) in [5.74, 6) is 3.87. The van der Waals surface area contributed by atoms with Gasteiger partial charge in [-0.15, -0.1) is 0 Å². The first-order valence-electron chi connectivity index (χ1n) is 10.2. The zero-order chi connectivity index (χ0) is 19.6. The predicted octanol–water partition coefficient (Wildman–Crippen LogP) is 3.39. The van der Waals surface area contributed by atoms with Crippen LogP contribution < -0.4 is 14.8 Å². The molecule has 4 bridgehead atoms. The number of carbonyl (C=O) groups excluding carboxylic acids is 1. The Hall–Kier alpha value is -2.24. The van der Waals surface area contributed by atoms with Crippen LogP contribution >= 0.6 is 0 Å². The van der Waals surface area contributed by atoms with Crippen LogP contribution in [0.3, 0.4) is 0 Å². The van der Waals surface area contributed by atoms with Gasteiger partial charge in [0.05, 0.1) is 20.4 Å². The van der Waals surface area contributed by atoms with Crippen LogP contribution in [0, 0.1) is 23.2 Å². The van der Waals surface area contributed by atoms with Gasteiger partial charge in [0, 0.05) is 12.1 Å². The Morgan fingerprint density at radius 2 is 1.75 bits per heavy atom. The van der Waals surface area contributed by atoms with Crippen LogP contribution in [0.1, 0.15) is 44.1 Å². The van der Waals surface area contributed by atoms with E-state index < -0.39 is 0 Å². The Bertz CT molecular complexity index is 711. The number of nitrogens with zero attached hydrogens (tertiary/aromatic N) is 1. The SMILES string of the molecule is COc1ccc(/C=N\OCC(=O)NCC23CC4CC(CC(C4)C2)C3)cc1OC. The Balaban J connectivity index is 1.22. The van der Waals surface area contributed by atoms with E-state index in [0.29, 0.717) is 16.9 Å². The molecule has 0 radical (unpaired) electrons. The molecule has 5 rings (SSSR count). The summed E-state index contributed by atoms with van der Waals surface area (Å²) in [5, 5.41) is 7.00. The second-order valence-electron chi connectivity index (χ2n) is 8.82. The van der Waals surface area contributed by atoms with Gasteiger partial charge in [0.2, 0.25) is 0 Å². The second kappa shape index (κ2) is 8.02. The van der Waals surface area contributed by atoms with Crippen LogP contribution in [0.5, 0.6) is 11.5 Å². The van der Waals surface area contributed by atoms with E-state index in [0.717, 1.165) is 29.9 Å². The summed E-state index contributed by atoms with van der Waals surface area (Å²) in [6.07, 6.45) is 9.69. The van der Waals surface area contributed by atoms with Crippen molar-refractivity contribution in [3.63, 3.8) is 0 Å². The van der Waals surface area contributed by atoms with Crippen molar-refractivity contribution in [3.05, 3.63) is 23.8 Å². The lowest BCUT2D eigenvalue weighted by Gasteiger charge is -2.56. The molecule has 0 spiro atoms. The van der Waals surface area contributed by atoms with E-state index in [2.05, 4.69) is 10.5 Å². The predicted molar refractivity (Wildman–Crippen MR) is 107 cm³/mol. The van der Waals surface area contributed by atoms with Crippen molar-refractivity contribution >= 4 is 12.1 Å². The molecule has 0 atom stereocenters. The maximum atomic E-state index is 12.2. The Morgan fingerprint density at radius 1 is 1.11 bits per heavy atom. The third kappa shape index (κ3) is 4.10. The molecule has 4 saturated carbocycles. The molecule has 152 valence electrons. The second-order valence-corrected chi connectivity index (χ2v) is 8.82. The summed E-state index contributed by atoms with van der Waals surface area (Å²) >= 11 is 0. The van der Waals surface area contributed by atoms with E-state index >= 15 is 0 Å². The average Bonchev–Trinajstić information content (AvgIpc) is 2.68. The lowest BCUT2D eigenvalue weighted by atomic mass is 9.49. The minimum absolute atomic E-state index is 0.0594. The van der Waals surface area contributed by atoms with Crippen molar-refractivity contribution in [1.82, 2.24) is 5.32 Å². The Kier molecular flexibility index (Phi) is 5.47. The van der Waals surface area contributed by atoms with Gasteiger partial charge in [0.15, 0.2) is 18.1 Å². The molecule has 4 aliphatic carbocycles. The average molecular weight is 386 g/mol. The fraction of sp³-hybridized carbons (Fsp3) is 0.636. The Morgan fingerprint density at radius 3 is 2.36 bits per heavy atom. The molecule has 1 N–H and O–H groups in total. The molecule has 0 heterocycles. The first-order chi connectivity index (χ1) is 13.6. The highest BCUT2D eigenvalue weighted by molar-refractivity contribution is 5.81. The zero-order valence-corrected chi connectivity index (χ0v) is 16.8. The number of hydrogen-bond donors (Lipinski definition) is 1. The van der Waals surface area contributed by atoms with Gasteiger partial charge in [0.1, 0.15) is 0 Å². The van der Waals surface area contributed by atoms with Crippen molar-refractivity contribution in [2.24, 2.45) is 28.3 Å². The van der Waals surface area contributed by atoms with Crippen molar-refractivity contribution in [1.29, 1.82) is 0 Å². The molecule has 28 heavy (non-hydrogen) atoms. The van der Waals surface area contributed by atoms with Gasteiger partial charge >= 0.3 is 0 Å². The summed E-state index contributed by atoms with van der Waals surface area (Å²) in [6.45, 7) is 0.730. The van der Waals surface area contributed by atoms with Crippen LogP contribution in [0.15, 0.2) is 23.4 Å². The minimum Gasteiger partial charge on any atom is -0.493 e. The molecule has 6 heteroatoms. The molecular formula is C22H30N2O4. The number of rotatable bonds is 8. The first-order valence-corrected chi connectivity index (χ1v) is 10.2. The van der Waals surface area contributed by atoms with Crippen molar-refractivity contribution < 1.29 is 19.1 Å². The lowest BCUT2D eigenvalue weighted by Crippen LogP contribution is -2.51. The number of amides is 1. The van der Waals surface area contributed by atoms with Gasteiger partial charge in [-0.25, -0.2) is 0 Å². The molecule has 4 fully saturated rings. The third-order valence-corrected chi connectivity index (χ3v) is 6.71. The number of methoxy groups -OCH3 is 2. The maximum absolute atomic E-state index is 12.2. The third-order valence-electron chi connectivity index (χ3n) is 6.71. The molecule has 6 nitrogen and oxygen atoms in total.